The number of nitrogens with zero attached hydrogens (tertiary/aromatic N) is 2. The zero-order valence-corrected chi connectivity index (χ0v) is 13.1. The molecule has 1 aliphatic carbocycles. The Kier molecular flexibility index (Phi) is 2.97. The van der Waals surface area contributed by atoms with Crippen LogP contribution in [0.15, 0.2) is 53.0 Å². The fourth-order valence-electron chi connectivity index (χ4n) is 3.48. The summed E-state index contributed by atoms with van der Waals surface area (Å²) in [6, 6.07) is 10.6. The number of likely N-dealkylation sites (N-methyl/N-ethyl adjacent to an activating group) is 1. The molecule has 2 nitrogen and oxygen atoms in total. The molecule has 0 saturated carbocycles. The Hall–Kier alpha value is -2.08. The monoisotopic (exact) mass is 334 g/mol. The second kappa shape index (κ2) is 4.71. The van der Waals surface area contributed by atoms with Gasteiger partial charge in [0.25, 0.3) is 0 Å². The van der Waals surface area contributed by atoms with Crippen LogP contribution in [0.2, 0.25) is 0 Å². The summed E-state index contributed by atoms with van der Waals surface area (Å²) in [6.07, 6.45) is -3.01. The second-order valence-corrected chi connectivity index (χ2v) is 6.76. The molecule has 0 fully saturated rings. The van der Waals surface area contributed by atoms with E-state index in [1.54, 1.807) is 36.3 Å². The summed E-state index contributed by atoms with van der Waals surface area (Å²) in [4.78, 5) is 0.906. The normalized spacial score (nSPS) is 23.2. The molecule has 2 aromatic rings. The predicted molar refractivity (Wildman–Crippen MR) is 85.6 cm³/mol. The Balaban J connectivity index is 1.98. The molecule has 1 unspecified atom stereocenters. The molecule has 1 atom stereocenters. The Morgan fingerprint density at radius 3 is 2.65 bits per heavy atom. The number of hydrazone groups is 1. The molecule has 1 aromatic heterocycles. The number of benzene rings is 1. The van der Waals surface area contributed by atoms with Crippen molar-refractivity contribution < 1.29 is 13.2 Å². The summed E-state index contributed by atoms with van der Waals surface area (Å²) in [5, 5.41) is 8.17. The molecule has 1 aliphatic heterocycles. The number of halogens is 3. The molecule has 0 N–H and O–H groups in total. The fourth-order valence-corrected chi connectivity index (χ4v) is 4.28. The first-order valence-corrected chi connectivity index (χ1v) is 8.04. The van der Waals surface area contributed by atoms with Crippen molar-refractivity contribution in [2.75, 3.05) is 13.6 Å². The quantitative estimate of drug-likeness (QED) is 0.759. The lowest BCUT2D eigenvalue weighted by Crippen LogP contribution is -2.35. The minimum atomic E-state index is -4.37. The largest absolute Gasteiger partial charge is 0.416 e. The van der Waals surface area contributed by atoms with E-state index >= 15 is 0 Å². The smallest absolute Gasteiger partial charge is 0.298 e. The first-order chi connectivity index (χ1) is 10.9. The van der Waals surface area contributed by atoms with Crippen molar-refractivity contribution in [2.45, 2.75) is 11.6 Å². The lowest BCUT2D eigenvalue weighted by Gasteiger charge is -2.24. The third-order valence-electron chi connectivity index (χ3n) is 4.32. The van der Waals surface area contributed by atoms with Crippen LogP contribution < -0.4 is 0 Å². The highest BCUT2D eigenvalue weighted by molar-refractivity contribution is 7.12. The van der Waals surface area contributed by atoms with Crippen LogP contribution in [-0.4, -0.2) is 30.5 Å². The Bertz CT molecular complexity index is 821. The molecule has 118 valence electrons. The number of thiophene rings is 1. The molecule has 0 saturated heterocycles. The number of fused-ring (bicyclic) bond motifs is 2. The van der Waals surface area contributed by atoms with Crippen molar-refractivity contribution in [1.29, 1.82) is 0 Å². The van der Waals surface area contributed by atoms with Gasteiger partial charge in [-0.2, -0.15) is 18.3 Å². The molecular weight excluding hydrogens is 321 g/mol. The van der Waals surface area contributed by atoms with Crippen molar-refractivity contribution in [1.82, 2.24) is 5.01 Å². The van der Waals surface area contributed by atoms with E-state index in [1.165, 1.54) is 17.4 Å². The Morgan fingerprint density at radius 1 is 1.17 bits per heavy atom. The van der Waals surface area contributed by atoms with Crippen LogP contribution in [0.25, 0.3) is 5.57 Å². The third-order valence-corrected chi connectivity index (χ3v) is 5.20. The molecule has 23 heavy (non-hydrogen) atoms. The van der Waals surface area contributed by atoms with E-state index < -0.39 is 17.2 Å². The van der Waals surface area contributed by atoms with E-state index in [2.05, 4.69) is 5.10 Å². The average molecular weight is 334 g/mol. The van der Waals surface area contributed by atoms with E-state index in [0.29, 0.717) is 17.8 Å². The molecule has 1 aromatic carbocycles. The van der Waals surface area contributed by atoms with Crippen molar-refractivity contribution in [3.8, 4) is 0 Å². The zero-order chi connectivity index (χ0) is 16.2. The summed E-state index contributed by atoms with van der Waals surface area (Å²) in [7, 11) is 1.80. The van der Waals surface area contributed by atoms with Crippen LogP contribution in [0.3, 0.4) is 0 Å². The third kappa shape index (κ3) is 2.05. The number of rotatable bonds is 1. The highest BCUT2D eigenvalue weighted by Crippen LogP contribution is 2.50. The number of hydrogen-bond donors (Lipinski definition) is 0. The van der Waals surface area contributed by atoms with Gasteiger partial charge in [0.05, 0.1) is 28.1 Å². The van der Waals surface area contributed by atoms with Crippen LogP contribution >= 0.6 is 11.3 Å². The topological polar surface area (TPSA) is 15.6 Å². The van der Waals surface area contributed by atoms with Crippen molar-refractivity contribution in [3.05, 3.63) is 63.9 Å². The predicted octanol–water partition coefficient (Wildman–Crippen LogP) is 4.29. The Labute approximate surface area is 135 Å². The SMILES string of the molecule is CN1CC2(C=C(C(F)(F)F)c3ccccc32)C(c2cccs2)=N1. The molecule has 0 bridgehead atoms. The van der Waals surface area contributed by atoms with Gasteiger partial charge in [0.15, 0.2) is 0 Å². The Morgan fingerprint density at radius 2 is 1.96 bits per heavy atom. The van der Waals surface area contributed by atoms with E-state index in [0.717, 1.165) is 4.88 Å². The lowest BCUT2D eigenvalue weighted by molar-refractivity contribution is -0.0688. The lowest BCUT2D eigenvalue weighted by atomic mass is 9.78. The van der Waals surface area contributed by atoms with Crippen molar-refractivity contribution in [2.24, 2.45) is 5.10 Å². The van der Waals surface area contributed by atoms with E-state index in [-0.39, 0.29) is 5.56 Å². The zero-order valence-electron chi connectivity index (χ0n) is 12.3. The number of hydrogen-bond acceptors (Lipinski definition) is 3. The molecule has 1 spiro atoms. The van der Waals surface area contributed by atoms with Crippen LogP contribution in [0.5, 0.6) is 0 Å². The molecular formula is C17H13F3N2S. The van der Waals surface area contributed by atoms with Crippen LogP contribution in [0.4, 0.5) is 13.2 Å². The fraction of sp³-hybridized carbons (Fsp3) is 0.235. The maximum atomic E-state index is 13.5. The molecule has 6 heteroatoms. The van der Waals surface area contributed by atoms with Gasteiger partial charge in [0.1, 0.15) is 0 Å². The van der Waals surface area contributed by atoms with Crippen molar-refractivity contribution >= 4 is 22.6 Å². The van der Waals surface area contributed by atoms with Gasteiger partial charge in [-0.25, -0.2) is 0 Å². The van der Waals surface area contributed by atoms with Gasteiger partial charge in [0, 0.05) is 7.05 Å². The van der Waals surface area contributed by atoms with Gasteiger partial charge in [-0.3, -0.25) is 5.01 Å². The van der Waals surface area contributed by atoms with Gasteiger partial charge < -0.3 is 0 Å². The molecule has 0 radical (unpaired) electrons. The summed E-state index contributed by atoms with van der Waals surface area (Å²) < 4.78 is 40.6. The summed E-state index contributed by atoms with van der Waals surface area (Å²) in [5.74, 6) is 0. The van der Waals surface area contributed by atoms with Gasteiger partial charge in [-0.1, -0.05) is 36.4 Å². The van der Waals surface area contributed by atoms with Gasteiger partial charge >= 0.3 is 6.18 Å². The van der Waals surface area contributed by atoms with Gasteiger partial charge in [-0.15, -0.1) is 11.3 Å². The van der Waals surface area contributed by atoms with Crippen LogP contribution in [0.1, 0.15) is 16.0 Å². The minimum absolute atomic E-state index is 0.263. The second-order valence-electron chi connectivity index (χ2n) is 5.81. The average Bonchev–Trinajstić information content (AvgIpc) is 3.18. The first-order valence-electron chi connectivity index (χ1n) is 7.16. The van der Waals surface area contributed by atoms with Gasteiger partial charge in [0.2, 0.25) is 0 Å². The highest BCUT2D eigenvalue weighted by Gasteiger charge is 2.52. The summed E-state index contributed by atoms with van der Waals surface area (Å²) in [6.45, 7) is 0.414. The maximum Gasteiger partial charge on any atom is 0.416 e. The first kappa shape index (κ1) is 14.5. The molecule has 2 heterocycles. The molecule has 4 rings (SSSR count). The maximum absolute atomic E-state index is 13.5. The molecule has 0 amide bonds. The highest BCUT2D eigenvalue weighted by atomic mass is 32.1. The van der Waals surface area contributed by atoms with E-state index in [1.807, 2.05) is 17.5 Å². The van der Waals surface area contributed by atoms with Crippen LogP contribution in [0, 0.1) is 0 Å². The van der Waals surface area contributed by atoms with Crippen LogP contribution in [-0.2, 0) is 5.41 Å². The minimum Gasteiger partial charge on any atom is -0.298 e. The van der Waals surface area contributed by atoms with Crippen molar-refractivity contribution in [3.63, 3.8) is 0 Å². The summed E-state index contributed by atoms with van der Waals surface area (Å²) >= 11 is 1.50. The van der Waals surface area contributed by atoms with Gasteiger partial charge in [-0.05, 0) is 22.6 Å². The molecule has 2 aliphatic rings. The summed E-state index contributed by atoms with van der Waals surface area (Å²) in [5.41, 5.74) is 0.249. The number of alkyl halides is 3. The number of allylic oxidation sites excluding steroid dienone is 1. The van der Waals surface area contributed by atoms with E-state index in [4.69, 9.17) is 0 Å². The van der Waals surface area contributed by atoms with E-state index in [9.17, 15) is 13.2 Å². The standard InChI is InChI=1S/C17H13F3N2S/c1-22-10-16(15(21-22)14-7-4-8-23-14)9-13(17(18,19)20)11-5-2-3-6-12(11)16/h2-9H,10H2,1H3.